The van der Waals surface area contributed by atoms with Gasteiger partial charge in [0.2, 0.25) is 5.95 Å². The zero-order chi connectivity index (χ0) is 13.5. The van der Waals surface area contributed by atoms with Crippen LogP contribution in [0.25, 0.3) is 0 Å². The number of hydrogen-bond acceptors (Lipinski definition) is 5. The lowest BCUT2D eigenvalue weighted by molar-refractivity contribution is 0.161. The van der Waals surface area contributed by atoms with Gasteiger partial charge in [0.05, 0.1) is 10.6 Å². The Balaban J connectivity index is 2.57. The summed E-state index contributed by atoms with van der Waals surface area (Å²) in [7, 11) is 0. The third-order valence-electron chi connectivity index (χ3n) is 2.33. The molecule has 0 bridgehead atoms. The van der Waals surface area contributed by atoms with Gasteiger partial charge >= 0.3 is 0 Å². The highest BCUT2D eigenvalue weighted by molar-refractivity contribution is 9.10. The van der Waals surface area contributed by atoms with Gasteiger partial charge in [0.1, 0.15) is 5.82 Å². The summed E-state index contributed by atoms with van der Waals surface area (Å²) in [6, 6.07) is 0. The average Bonchev–Trinajstić information content (AvgIpc) is 2.29. The highest BCUT2D eigenvalue weighted by atomic mass is 79.9. The summed E-state index contributed by atoms with van der Waals surface area (Å²) in [5.41, 5.74) is 0. The molecule has 0 aliphatic carbocycles. The van der Waals surface area contributed by atoms with Gasteiger partial charge in [-0.3, -0.25) is 0 Å². The summed E-state index contributed by atoms with van der Waals surface area (Å²) in [5.74, 6) is 1.76. The van der Waals surface area contributed by atoms with Crippen LogP contribution in [0.3, 0.4) is 0 Å². The monoisotopic (exact) mass is 316 g/mol. The summed E-state index contributed by atoms with van der Waals surface area (Å²) in [6.45, 7) is 7.43. The Bertz CT molecular complexity index is 373. The number of aliphatic hydroxyl groups is 1. The van der Waals surface area contributed by atoms with Crippen molar-refractivity contribution in [3.63, 3.8) is 0 Å². The minimum atomic E-state index is -0.366. The van der Waals surface area contributed by atoms with Crippen LogP contribution in [0.15, 0.2) is 10.7 Å². The molecule has 0 saturated heterocycles. The molecule has 1 unspecified atom stereocenters. The maximum absolute atomic E-state index is 9.81. The lowest BCUT2D eigenvalue weighted by Gasteiger charge is -2.15. The third kappa shape index (κ3) is 5.18. The van der Waals surface area contributed by atoms with Gasteiger partial charge in [0, 0.05) is 19.3 Å². The van der Waals surface area contributed by atoms with E-state index in [-0.39, 0.29) is 6.10 Å². The van der Waals surface area contributed by atoms with Crippen LogP contribution in [0.2, 0.25) is 0 Å². The quantitative estimate of drug-likeness (QED) is 0.721. The fourth-order valence-corrected chi connectivity index (χ4v) is 1.91. The van der Waals surface area contributed by atoms with Gasteiger partial charge in [-0.1, -0.05) is 13.8 Å². The van der Waals surface area contributed by atoms with Crippen LogP contribution in [0.5, 0.6) is 0 Å². The Labute approximate surface area is 117 Å². The fraction of sp³-hybridized carbons (Fsp3) is 0.667. The number of hydrogen-bond donors (Lipinski definition) is 3. The first-order valence-corrected chi connectivity index (χ1v) is 7.00. The van der Waals surface area contributed by atoms with Crippen LogP contribution in [0, 0.1) is 5.92 Å². The molecule has 3 N–H and O–H groups in total. The van der Waals surface area contributed by atoms with Crippen LogP contribution in [0.4, 0.5) is 11.8 Å². The van der Waals surface area contributed by atoms with Gasteiger partial charge < -0.3 is 15.7 Å². The molecule has 0 aromatic carbocycles. The van der Waals surface area contributed by atoms with Crippen molar-refractivity contribution in [1.29, 1.82) is 0 Å². The van der Waals surface area contributed by atoms with E-state index >= 15 is 0 Å². The van der Waals surface area contributed by atoms with Gasteiger partial charge in [0.15, 0.2) is 0 Å². The maximum atomic E-state index is 9.81. The second-order valence-electron chi connectivity index (χ2n) is 4.58. The smallest absolute Gasteiger partial charge is 0.224 e. The largest absolute Gasteiger partial charge is 0.391 e. The van der Waals surface area contributed by atoms with Crippen molar-refractivity contribution in [1.82, 2.24) is 9.97 Å². The molecule has 1 atom stereocenters. The maximum Gasteiger partial charge on any atom is 0.224 e. The van der Waals surface area contributed by atoms with Crippen molar-refractivity contribution in [3.8, 4) is 0 Å². The van der Waals surface area contributed by atoms with E-state index in [0.29, 0.717) is 24.2 Å². The molecule has 0 spiro atoms. The minimum Gasteiger partial charge on any atom is -0.391 e. The molecule has 18 heavy (non-hydrogen) atoms. The Morgan fingerprint density at radius 3 is 2.72 bits per heavy atom. The standard InChI is InChI=1S/C12H21BrN4O/c1-4-14-12-16-7-10(13)11(17-12)15-6-9(18)5-8(2)3/h7-9,18H,4-6H2,1-3H3,(H2,14,15,16,17). The fourth-order valence-electron chi connectivity index (χ4n) is 1.58. The Hall–Kier alpha value is -0.880. The first kappa shape index (κ1) is 15.2. The molecule has 1 aromatic heterocycles. The van der Waals surface area contributed by atoms with Crippen molar-refractivity contribution < 1.29 is 5.11 Å². The Kier molecular flexibility index (Phi) is 6.35. The highest BCUT2D eigenvalue weighted by Gasteiger charge is 2.09. The number of nitrogens with zero attached hydrogens (tertiary/aromatic N) is 2. The van der Waals surface area contributed by atoms with E-state index in [4.69, 9.17) is 0 Å². The van der Waals surface area contributed by atoms with Crippen LogP contribution in [-0.4, -0.2) is 34.3 Å². The van der Waals surface area contributed by atoms with Gasteiger partial charge in [-0.2, -0.15) is 4.98 Å². The molecule has 0 aliphatic rings. The van der Waals surface area contributed by atoms with Crippen LogP contribution in [0.1, 0.15) is 27.2 Å². The van der Waals surface area contributed by atoms with Gasteiger partial charge in [-0.25, -0.2) is 4.98 Å². The molecule has 0 fully saturated rings. The van der Waals surface area contributed by atoms with E-state index < -0.39 is 0 Å². The molecular formula is C12H21BrN4O. The van der Waals surface area contributed by atoms with Crippen molar-refractivity contribution >= 4 is 27.7 Å². The number of halogens is 1. The van der Waals surface area contributed by atoms with E-state index in [9.17, 15) is 5.11 Å². The normalized spacial score (nSPS) is 12.6. The molecule has 102 valence electrons. The topological polar surface area (TPSA) is 70.1 Å². The summed E-state index contributed by atoms with van der Waals surface area (Å²) < 4.78 is 0.793. The molecule has 0 amide bonds. The molecule has 1 aromatic rings. The van der Waals surface area contributed by atoms with Crippen LogP contribution >= 0.6 is 15.9 Å². The molecule has 6 heteroatoms. The second kappa shape index (κ2) is 7.53. The Morgan fingerprint density at radius 1 is 1.39 bits per heavy atom. The van der Waals surface area contributed by atoms with Gasteiger partial charge in [0.25, 0.3) is 0 Å². The average molecular weight is 317 g/mol. The summed E-state index contributed by atoms with van der Waals surface area (Å²) in [4.78, 5) is 8.45. The van der Waals surface area contributed by atoms with E-state index in [1.54, 1.807) is 6.20 Å². The van der Waals surface area contributed by atoms with E-state index in [0.717, 1.165) is 17.4 Å². The highest BCUT2D eigenvalue weighted by Crippen LogP contribution is 2.20. The van der Waals surface area contributed by atoms with Gasteiger partial charge in [-0.15, -0.1) is 0 Å². The zero-order valence-electron chi connectivity index (χ0n) is 11.1. The first-order valence-electron chi connectivity index (χ1n) is 6.21. The molecule has 1 rings (SSSR count). The van der Waals surface area contributed by atoms with Crippen molar-refractivity contribution in [2.75, 3.05) is 23.7 Å². The predicted molar refractivity (Wildman–Crippen MR) is 77.8 cm³/mol. The lowest BCUT2D eigenvalue weighted by atomic mass is 10.1. The van der Waals surface area contributed by atoms with Crippen molar-refractivity contribution in [3.05, 3.63) is 10.7 Å². The lowest BCUT2D eigenvalue weighted by Crippen LogP contribution is -2.22. The number of aromatic nitrogens is 2. The zero-order valence-corrected chi connectivity index (χ0v) is 12.7. The molecule has 0 radical (unpaired) electrons. The number of rotatable bonds is 7. The minimum absolute atomic E-state index is 0.366. The molecule has 0 saturated carbocycles. The SMILES string of the molecule is CCNc1ncc(Br)c(NCC(O)CC(C)C)n1. The predicted octanol–water partition coefficient (Wildman–Crippen LogP) is 2.49. The van der Waals surface area contributed by atoms with Gasteiger partial charge in [-0.05, 0) is 35.2 Å². The van der Waals surface area contributed by atoms with E-state index in [2.05, 4.69) is 50.4 Å². The van der Waals surface area contributed by atoms with Crippen LogP contribution < -0.4 is 10.6 Å². The van der Waals surface area contributed by atoms with Crippen LogP contribution in [-0.2, 0) is 0 Å². The number of nitrogens with one attached hydrogen (secondary N) is 2. The number of aliphatic hydroxyl groups excluding tert-OH is 1. The van der Waals surface area contributed by atoms with E-state index in [1.165, 1.54) is 0 Å². The molecule has 5 nitrogen and oxygen atoms in total. The second-order valence-corrected chi connectivity index (χ2v) is 5.44. The van der Waals surface area contributed by atoms with E-state index in [1.807, 2.05) is 6.92 Å². The summed E-state index contributed by atoms with van der Waals surface area (Å²) in [5, 5.41) is 16.0. The third-order valence-corrected chi connectivity index (χ3v) is 2.91. The summed E-state index contributed by atoms with van der Waals surface area (Å²) in [6.07, 6.45) is 2.10. The van der Waals surface area contributed by atoms with Crippen molar-refractivity contribution in [2.24, 2.45) is 5.92 Å². The number of anilines is 2. The molecule has 0 aliphatic heterocycles. The molecular weight excluding hydrogens is 296 g/mol. The molecule has 1 heterocycles. The Morgan fingerprint density at radius 2 is 2.11 bits per heavy atom. The summed E-state index contributed by atoms with van der Waals surface area (Å²) >= 11 is 3.39. The first-order chi connectivity index (χ1) is 8.52. The van der Waals surface area contributed by atoms with Crippen molar-refractivity contribution in [2.45, 2.75) is 33.3 Å².